The maximum absolute atomic E-state index is 5.89. The lowest BCUT2D eigenvalue weighted by molar-refractivity contribution is 0.360. The van der Waals surface area contributed by atoms with Crippen LogP contribution >= 0.6 is 0 Å². The molecule has 2 heterocycles. The fourth-order valence-corrected chi connectivity index (χ4v) is 1.56. The molecule has 0 bridgehead atoms. The van der Waals surface area contributed by atoms with Gasteiger partial charge in [-0.05, 0) is 19.9 Å². The van der Waals surface area contributed by atoms with Crippen LogP contribution in [0.5, 0.6) is 0 Å². The first-order valence-electron chi connectivity index (χ1n) is 4.40. The number of nitrogens with zero attached hydrogens (tertiary/aromatic N) is 3. The maximum atomic E-state index is 5.89. The lowest BCUT2D eigenvalue weighted by Gasteiger charge is -2.45. The van der Waals surface area contributed by atoms with Gasteiger partial charge in [-0.25, -0.2) is 9.97 Å². The third-order valence-corrected chi connectivity index (χ3v) is 2.17. The molecule has 0 amide bonds. The predicted molar refractivity (Wildman–Crippen MR) is 51.6 cm³/mol. The molecule has 13 heavy (non-hydrogen) atoms. The van der Waals surface area contributed by atoms with Crippen molar-refractivity contribution in [1.29, 1.82) is 0 Å². The lowest BCUT2D eigenvalue weighted by Crippen LogP contribution is -2.66. The SMILES string of the molecule is Cc1ccnc(N2CC(C)(N)C2)n1. The van der Waals surface area contributed by atoms with Crippen LogP contribution in [0.25, 0.3) is 0 Å². The van der Waals surface area contributed by atoms with Gasteiger partial charge in [0.1, 0.15) is 0 Å². The van der Waals surface area contributed by atoms with Crippen molar-refractivity contribution in [1.82, 2.24) is 9.97 Å². The molecular formula is C9H14N4. The van der Waals surface area contributed by atoms with Gasteiger partial charge in [0.15, 0.2) is 0 Å². The molecule has 1 aromatic heterocycles. The van der Waals surface area contributed by atoms with Crippen molar-refractivity contribution in [2.75, 3.05) is 18.0 Å². The molecule has 1 fully saturated rings. The Kier molecular flexibility index (Phi) is 1.73. The average molecular weight is 178 g/mol. The van der Waals surface area contributed by atoms with Crippen LogP contribution in [0, 0.1) is 6.92 Å². The van der Waals surface area contributed by atoms with Crippen molar-refractivity contribution < 1.29 is 0 Å². The Labute approximate surface area is 77.8 Å². The van der Waals surface area contributed by atoms with E-state index >= 15 is 0 Å². The van der Waals surface area contributed by atoms with E-state index in [0.29, 0.717) is 0 Å². The zero-order valence-corrected chi connectivity index (χ0v) is 7.99. The zero-order valence-electron chi connectivity index (χ0n) is 7.99. The number of nitrogens with two attached hydrogens (primary N) is 1. The minimum atomic E-state index is -0.0624. The van der Waals surface area contributed by atoms with E-state index in [-0.39, 0.29) is 5.54 Å². The van der Waals surface area contributed by atoms with Gasteiger partial charge < -0.3 is 10.6 Å². The summed E-state index contributed by atoms with van der Waals surface area (Å²) in [5.41, 5.74) is 6.82. The largest absolute Gasteiger partial charge is 0.337 e. The molecule has 0 aliphatic carbocycles. The van der Waals surface area contributed by atoms with Gasteiger partial charge in [-0.2, -0.15) is 0 Å². The van der Waals surface area contributed by atoms with Crippen LogP contribution in [0.4, 0.5) is 5.95 Å². The number of aryl methyl sites for hydroxylation is 1. The smallest absolute Gasteiger partial charge is 0.225 e. The first-order chi connectivity index (χ1) is 6.07. The average Bonchev–Trinajstić information content (AvgIpc) is 2.00. The van der Waals surface area contributed by atoms with Gasteiger partial charge in [-0.15, -0.1) is 0 Å². The Bertz CT molecular complexity index is 313. The second-order valence-electron chi connectivity index (χ2n) is 4.01. The normalized spacial score (nSPS) is 19.8. The molecule has 0 unspecified atom stereocenters. The van der Waals surface area contributed by atoms with Gasteiger partial charge >= 0.3 is 0 Å². The second kappa shape index (κ2) is 2.67. The highest BCUT2D eigenvalue weighted by Gasteiger charge is 2.36. The summed E-state index contributed by atoms with van der Waals surface area (Å²) in [6, 6.07) is 1.89. The fourth-order valence-electron chi connectivity index (χ4n) is 1.56. The van der Waals surface area contributed by atoms with E-state index in [1.165, 1.54) is 0 Å². The number of hydrogen-bond acceptors (Lipinski definition) is 4. The first-order valence-corrected chi connectivity index (χ1v) is 4.40. The van der Waals surface area contributed by atoms with E-state index in [1.807, 2.05) is 19.9 Å². The molecule has 0 atom stereocenters. The second-order valence-corrected chi connectivity index (χ2v) is 4.01. The Morgan fingerprint density at radius 2 is 2.23 bits per heavy atom. The fraction of sp³-hybridized carbons (Fsp3) is 0.556. The highest BCUT2D eigenvalue weighted by molar-refractivity contribution is 5.37. The zero-order chi connectivity index (χ0) is 9.47. The minimum absolute atomic E-state index is 0.0624. The van der Waals surface area contributed by atoms with E-state index in [0.717, 1.165) is 24.7 Å². The van der Waals surface area contributed by atoms with Gasteiger partial charge in [-0.3, -0.25) is 0 Å². The number of hydrogen-bond donors (Lipinski definition) is 1. The van der Waals surface area contributed by atoms with Crippen molar-refractivity contribution >= 4 is 5.95 Å². The summed E-state index contributed by atoms with van der Waals surface area (Å²) in [5.74, 6) is 0.794. The minimum Gasteiger partial charge on any atom is -0.337 e. The van der Waals surface area contributed by atoms with Gasteiger partial charge in [0.05, 0.1) is 0 Å². The van der Waals surface area contributed by atoms with Gasteiger partial charge in [0, 0.05) is 30.5 Å². The molecule has 1 aliphatic rings. The molecule has 0 radical (unpaired) electrons. The molecule has 0 spiro atoms. The number of aromatic nitrogens is 2. The summed E-state index contributed by atoms with van der Waals surface area (Å²) in [5, 5.41) is 0. The highest BCUT2D eigenvalue weighted by Crippen LogP contribution is 2.21. The lowest BCUT2D eigenvalue weighted by atomic mass is 9.94. The number of anilines is 1. The van der Waals surface area contributed by atoms with Crippen LogP contribution in [-0.4, -0.2) is 28.6 Å². The molecule has 0 saturated carbocycles. The van der Waals surface area contributed by atoms with Crippen molar-refractivity contribution in [3.05, 3.63) is 18.0 Å². The molecule has 1 aliphatic heterocycles. The predicted octanol–water partition coefficient (Wildman–Crippen LogP) is 0.322. The molecular weight excluding hydrogens is 164 g/mol. The van der Waals surface area contributed by atoms with Gasteiger partial charge in [-0.1, -0.05) is 0 Å². The Morgan fingerprint density at radius 1 is 1.54 bits per heavy atom. The molecule has 4 heteroatoms. The summed E-state index contributed by atoms with van der Waals surface area (Å²) < 4.78 is 0. The molecule has 2 rings (SSSR count). The summed E-state index contributed by atoms with van der Waals surface area (Å²) >= 11 is 0. The van der Waals surface area contributed by atoms with Crippen molar-refractivity contribution in [2.24, 2.45) is 5.73 Å². The number of rotatable bonds is 1. The van der Waals surface area contributed by atoms with Crippen molar-refractivity contribution in [2.45, 2.75) is 19.4 Å². The van der Waals surface area contributed by atoms with Gasteiger partial charge in [0.25, 0.3) is 0 Å². The Balaban J connectivity index is 2.11. The van der Waals surface area contributed by atoms with Crippen LogP contribution in [0.2, 0.25) is 0 Å². The molecule has 1 aromatic rings. The van der Waals surface area contributed by atoms with E-state index < -0.39 is 0 Å². The maximum Gasteiger partial charge on any atom is 0.225 e. The third kappa shape index (κ3) is 1.62. The van der Waals surface area contributed by atoms with Gasteiger partial charge in [0.2, 0.25) is 5.95 Å². The van der Waals surface area contributed by atoms with Crippen LogP contribution in [-0.2, 0) is 0 Å². The molecule has 0 aromatic carbocycles. The van der Waals surface area contributed by atoms with Crippen molar-refractivity contribution in [3.8, 4) is 0 Å². The summed E-state index contributed by atoms with van der Waals surface area (Å²) in [6.07, 6.45) is 1.78. The molecule has 70 valence electrons. The van der Waals surface area contributed by atoms with Crippen LogP contribution < -0.4 is 10.6 Å². The van der Waals surface area contributed by atoms with E-state index in [1.54, 1.807) is 6.20 Å². The monoisotopic (exact) mass is 178 g/mol. The van der Waals surface area contributed by atoms with Crippen LogP contribution in [0.15, 0.2) is 12.3 Å². The topological polar surface area (TPSA) is 55.0 Å². The molecule has 4 nitrogen and oxygen atoms in total. The summed E-state index contributed by atoms with van der Waals surface area (Å²) in [6.45, 7) is 5.69. The third-order valence-electron chi connectivity index (χ3n) is 2.17. The quantitative estimate of drug-likeness (QED) is 0.673. The standard InChI is InChI=1S/C9H14N4/c1-7-3-4-11-8(12-7)13-5-9(2,10)6-13/h3-4H,5-6,10H2,1-2H3. The van der Waals surface area contributed by atoms with Crippen molar-refractivity contribution in [3.63, 3.8) is 0 Å². The van der Waals surface area contributed by atoms with E-state index in [9.17, 15) is 0 Å². The van der Waals surface area contributed by atoms with Crippen LogP contribution in [0.3, 0.4) is 0 Å². The highest BCUT2D eigenvalue weighted by atomic mass is 15.3. The van der Waals surface area contributed by atoms with E-state index in [2.05, 4.69) is 14.9 Å². The van der Waals surface area contributed by atoms with Crippen LogP contribution in [0.1, 0.15) is 12.6 Å². The Hall–Kier alpha value is -1.16. The van der Waals surface area contributed by atoms with E-state index in [4.69, 9.17) is 5.73 Å². The molecule has 2 N–H and O–H groups in total. The summed E-state index contributed by atoms with van der Waals surface area (Å²) in [7, 11) is 0. The summed E-state index contributed by atoms with van der Waals surface area (Å²) in [4.78, 5) is 10.6. The first kappa shape index (κ1) is 8.44. The Morgan fingerprint density at radius 3 is 2.77 bits per heavy atom. The molecule has 1 saturated heterocycles.